The Morgan fingerprint density at radius 2 is 2.00 bits per heavy atom. The summed E-state index contributed by atoms with van der Waals surface area (Å²) in [5, 5.41) is 20.7. The highest BCUT2D eigenvalue weighted by atomic mass is 16.6. The lowest BCUT2D eigenvalue weighted by atomic mass is 10.1. The van der Waals surface area contributed by atoms with Gasteiger partial charge < -0.3 is 9.90 Å². The molecular weight excluding hydrogens is 174 g/mol. The summed E-state index contributed by atoms with van der Waals surface area (Å²) in [6.45, 7) is 1.58. The molecule has 0 spiro atoms. The molecule has 0 radical (unpaired) electrons. The van der Waals surface area contributed by atoms with Crippen molar-refractivity contribution in [3.63, 3.8) is 0 Å². The number of aromatic carboxylic acids is 1. The van der Waals surface area contributed by atoms with Crippen LogP contribution in [-0.2, 0) is 0 Å². The van der Waals surface area contributed by atoms with Gasteiger partial charge in [-0.25, -0.2) is 0 Å². The normalized spacial score (nSPS) is 9.62. The number of carboxylic acids is 1. The Kier molecular flexibility index (Phi) is 2.27. The summed E-state index contributed by atoms with van der Waals surface area (Å²) in [5.74, 6) is -1.41. The summed E-state index contributed by atoms with van der Waals surface area (Å²) in [4.78, 5) is 20.1. The molecule has 5 heteroatoms. The Bertz CT molecular complexity index is 340. The number of rotatable bonds is 2. The predicted molar refractivity (Wildman–Crippen MR) is 42.2 cm³/mol. The molecule has 13 heavy (non-hydrogen) atoms. The van der Waals surface area contributed by atoms with E-state index in [1.54, 1.807) is 6.92 Å². The maximum Gasteiger partial charge on any atom is 0.270 e. The molecule has 0 amide bonds. The molecule has 0 saturated heterocycles. The second kappa shape index (κ2) is 3.22. The average Bonchev–Trinajstić information content (AvgIpc) is 2.03. The van der Waals surface area contributed by atoms with Gasteiger partial charge >= 0.3 is 0 Å². The van der Waals surface area contributed by atoms with E-state index >= 15 is 0 Å². The van der Waals surface area contributed by atoms with Gasteiger partial charge in [0.25, 0.3) is 5.69 Å². The first-order valence-corrected chi connectivity index (χ1v) is 3.48. The Morgan fingerprint density at radius 1 is 1.38 bits per heavy atom. The van der Waals surface area contributed by atoms with Gasteiger partial charge in [0.15, 0.2) is 0 Å². The van der Waals surface area contributed by atoms with Crippen LogP contribution >= 0.6 is 0 Å². The predicted octanol–water partition coefficient (Wildman–Crippen LogP) is 0.267. The van der Waals surface area contributed by atoms with Crippen molar-refractivity contribution in [3.8, 4) is 0 Å². The number of non-ortho nitro benzene ring substituents is 1. The minimum Gasteiger partial charge on any atom is -0.545 e. The van der Waals surface area contributed by atoms with Gasteiger partial charge in [0.05, 0.1) is 10.9 Å². The van der Waals surface area contributed by atoms with E-state index in [9.17, 15) is 20.0 Å². The first kappa shape index (κ1) is 9.18. The van der Waals surface area contributed by atoms with Crippen LogP contribution in [0.25, 0.3) is 0 Å². The first-order valence-electron chi connectivity index (χ1n) is 3.48. The first-order chi connectivity index (χ1) is 6.00. The van der Waals surface area contributed by atoms with Gasteiger partial charge in [-0.15, -0.1) is 0 Å². The number of benzene rings is 1. The SMILES string of the molecule is Cc1cc(C(=O)[O-])cc([N+](=O)[O-])c1. The molecule has 0 N–H and O–H groups in total. The Balaban J connectivity index is 3.26. The number of nitrogens with zero attached hydrogens (tertiary/aromatic N) is 1. The molecule has 0 aliphatic carbocycles. The largest absolute Gasteiger partial charge is 0.545 e. The average molecular weight is 180 g/mol. The van der Waals surface area contributed by atoms with E-state index in [0.29, 0.717) is 5.56 Å². The fourth-order valence-corrected chi connectivity index (χ4v) is 0.986. The van der Waals surface area contributed by atoms with E-state index in [4.69, 9.17) is 0 Å². The van der Waals surface area contributed by atoms with E-state index in [1.807, 2.05) is 0 Å². The monoisotopic (exact) mass is 180 g/mol. The van der Waals surface area contributed by atoms with Crippen LogP contribution in [0.3, 0.4) is 0 Å². The third kappa shape index (κ3) is 2.02. The topological polar surface area (TPSA) is 83.3 Å². The molecule has 68 valence electrons. The molecule has 0 aliphatic heterocycles. The minimum atomic E-state index is -1.41. The standard InChI is InChI=1S/C8H7NO4/c1-5-2-6(8(10)11)4-7(3-5)9(12)13/h2-4H,1H3,(H,10,11)/p-1. The van der Waals surface area contributed by atoms with E-state index < -0.39 is 10.9 Å². The molecule has 1 rings (SSSR count). The maximum absolute atomic E-state index is 10.4. The summed E-state index contributed by atoms with van der Waals surface area (Å²) in [7, 11) is 0. The summed E-state index contributed by atoms with van der Waals surface area (Å²) in [6.07, 6.45) is 0. The molecule has 0 heterocycles. The number of nitro benzene ring substituents is 1. The van der Waals surface area contributed by atoms with E-state index in [1.165, 1.54) is 12.1 Å². The zero-order chi connectivity index (χ0) is 10.0. The summed E-state index contributed by atoms with van der Waals surface area (Å²) in [6, 6.07) is 3.59. The van der Waals surface area contributed by atoms with Crippen molar-refractivity contribution in [2.24, 2.45) is 0 Å². The van der Waals surface area contributed by atoms with Crippen molar-refractivity contribution < 1.29 is 14.8 Å². The lowest BCUT2D eigenvalue weighted by Crippen LogP contribution is -2.22. The number of nitro groups is 1. The maximum atomic E-state index is 10.4. The summed E-state index contributed by atoms with van der Waals surface area (Å²) >= 11 is 0. The zero-order valence-corrected chi connectivity index (χ0v) is 6.81. The summed E-state index contributed by atoms with van der Waals surface area (Å²) in [5.41, 5.74) is 0.110. The molecule has 5 nitrogen and oxygen atoms in total. The number of carbonyl (C=O) groups excluding carboxylic acids is 1. The van der Waals surface area contributed by atoms with Crippen LogP contribution in [0.4, 0.5) is 5.69 Å². The highest BCUT2D eigenvalue weighted by Gasteiger charge is 2.07. The van der Waals surface area contributed by atoms with Crippen molar-refractivity contribution in [3.05, 3.63) is 39.4 Å². The molecule has 0 aliphatic rings. The van der Waals surface area contributed by atoms with Crippen molar-refractivity contribution in [1.29, 1.82) is 0 Å². The Hall–Kier alpha value is -1.91. The van der Waals surface area contributed by atoms with Gasteiger partial charge in [0, 0.05) is 17.7 Å². The van der Waals surface area contributed by atoms with Crippen molar-refractivity contribution in [2.45, 2.75) is 6.92 Å². The van der Waals surface area contributed by atoms with E-state index in [0.717, 1.165) is 6.07 Å². The molecule has 0 aromatic heterocycles. The van der Waals surface area contributed by atoms with Gasteiger partial charge in [-0.1, -0.05) is 0 Å². The van der Waals surface area contributed by atoms with Gasteiger partial charge in [-0.05, 0) is 18.6 Å². The van der Waals surface area contributed by atoms with Crippen LogP contribution in [0.2, 0.25) is 0 Å². The van der Waals surface area contributed by atoms with Gasteiger partial charge in [0.1, 0.15) is 0 Å². The molecule has 0 atom stereocenters. The molecule has 1 aromatic carbocycles. The highest BCUT2D eigenvalue weighted by molar-refractivity contribution is 5.86. The number of carboxylic acid groups (broad SMARTS) is 1. The number of aryl methyl sites for hydroxylation is 1. The molecule has 1 aromatic rings. The number of hydrogen-bond donors (Lipinski definition) is 0. The van der Waals surface area contributed by atoms with Crippen molar-refractivity contribution >= 4 is 11.7 Å². The van der Waals surface area contributed by atoms with Gasteiger partial charge in [-0.2, -0.15) is 0 Å². The highest BCUT2D eigenvalue weighted by Crippen LogP contribution is 2.15. The fourth-order valence-electron chi connectivity index (χ4n) is 0.986. The van der Waals surface area contributed by atoms with Crippen LogP contribution in [0, 0.1) is 17.0 Å². The second-order valence-electron chi connectivity index (χ2n) is 2.60. The lowest BCUT2D eigenvalue weighted by molar-refractivity contribution is -0.385. The third-order valence-electron chi connectivity index (χ3n) is 1.51. The van der Waals surface area contributed by atoms with Gasteiger partial charge in [-0.3, -0.25) is 10.1 Å². The Morgan fingerprint density at radius 3 is 2.46 bits per heavy atom. The third-order valence-corrected chi connectivity index (χ3v) is 1.51. The van der Waals surface area contributed by atoms with Gasteiger partial charge in [0.2, 0.25) is 0 Å². The van der Waals surface area contributed by atoms with E-state index in [2.05, 4.69) is 0 Å². The van der Waals surface area contributed by atoms with Crippen LogP contribution in [0.5, 0.6) is 0 Å². The van der Waals surface area contributed by atoms with Crippen molar-refractivity contribution in [1.82, 2.24) is 0 Å². The minimum absolute atomic E-state index is 0.174. The number of hydrogen-bond acceptors (Lipinski definition) is 4. The van der Waals surface area contributed by atoms with Crippen LogP contribution < -0.4 is 5.11 Å². The molecule has 0 unspecified atom stereocenters. The lowest BCUT2D eigenvalue weighted by Gasteiger charge is -2.02. The Labute approximate surface area is 73.8 Å². The fraction of sp³-hybridized carbons (Fsp3) is 0.125. The van der Waals surface area contributed by atoms with Crippen molar-refractivity contribution in [2.75, 3.05) is 0 Å². The molecule has 0 bridgehead atoms. The summed E-state index contributed by atoms with van der Waals surface area (Å²) < 4.78 is 0. The number of carbonyl (C=O) groups is 1. The smallest absolute Gasteiger partial charge is 0.270 e. The quantitative estimate of drug-likeness (QED) is 0.483. The zero-order valence-electron chi connectivity index (χ0n) is 6.81. The molecule has 0 fully saturated rings. The molecular formula is C8H6NO4-. The molecule has 0 saturated carbocycles. The van der Waals surface area contributed by atoms with Crippen LogP contribution in [0.1, 0.15) is 15.9 Å². The van der Waals surface area contributed by atoms with Crippen LogP contribution in [0.15, 0.2) is 18.2 Å². The second-order valence-corrected chi connectivity index (χ2v) is 2.60. The van der Waals surface area contributed by atoms with Crippen LogP contribution in [-0.4, -0.2) is 10.9 Å². The van der Waals surface area contributed by atoms with E-state index in [-0.39, 0.29) is 11.3 Å².